The van der Waals surface area contributed by atoms with Crippen molar-refractivity contribution in [3.63, 3.8) is 0 Å². The average Bonchev–Trinajstić information content (AvgIpc) is 2.90. The maximum absolute atomic E-state index is 12.9. The molecule has 2 N–H and O–H groups in total. The molecule has 0 aliphatic carbocycles. The highest BCUT2D eigenvalue weighted by Crippen LogP contribution is 2.30. The van der Waals surface area contributed by atoms with E-state index in [0.29, 0.717) is 22.5 Å². The van der Waals surface area contributed by atoms with Crippen molar-refractivity contribution in [3.8, 4) is 0 Å². The van der Waals surface area contributed by atoms with Crippen LogP contribution in [0.5, 0.6) is 0 Å². The van der Waals surface area contributed by atoms with Gasteiger partial charge in [-0.25, -0.2) is 0 Å². The maximum Gasteiger partial charge on any atom is 0.435 e. The first-order valence-electron chi connectivity index (χ1n) is 7.19. The Bertz CT molecular complexity index is 777. The first-order chi connectivity index (χ1) is 11.7. The Morgan fingerprint density at radius 2 is 1.81 bits per heavy atom. The topological polar surface area (TPSA) is 54.2 Å². The van der Waals surface area contributed by atoms with Crippen LogP contribution in [0.2, 0.25) is 10.0 Å². The molecule has 0 bridgehead atoms. The van der Waals surface area contributed by atoms with Gasteiger partial charge in [0.05, 0.1) is 0 Å². The third-order valence-corrected chi connectivity index (χ3v) is 3.89. The van der Waals surface area contributed by atoms with Gasteiger partial charge >= 0.3 is 6.18 Å². The second-order valence-corrected chi connectivity index (χ2v) is 6.03. The highest BCUT2D eigenvalue weighted by atomic mass is 127. The van der Waals surface area contributed by atoms with Gasteiger partial charge in [0.1, 0.15) is 0 Å². The van der Waals surface area contributed by atoms with Crippen LogP contribution in [0.15, 0.2) is 29.4 Å². The molecule has 2 rings (SSSR count). The lowest BCUT2D eigenvalue weighted by molar-refractivity contribution is -0.142. The fraction of sp³-hybridized carbons (Fsp3) is 0.333. The molecule has 0 fully saturated rings. The predicted octanol–water partition coefficient (Wildman–Crippen LogP) is 4.23. The number of benzene rings is 1. The van der Waals surface area contributed by atoms with E-state index in [1.54, 1.807) is 18.2 Å². The first kappa shape index (κ1) is 22.8. The zero-order chi connectivity index (χ0) is 18.6. The van der Waals surface area contributed by atoms with E-state index in [4.69, 9.17) is 23.2 Å². The van der Waals surface area contributed by atoms with Crippen molar-refractivity contribution in [2.75, 3.05) is 7.05 Å². The molecule has 0 atom stereocenters. The normalized spacial score (nSPS) is 11.9. The number of hydrogen-bond donors (Lipinski definition) is 2. The van der Waals surface area contributed by atoms with Gasteiger partial charge < -0.3 is 10.6 Å². The van der Waals surface area contributed by atoms with Crippen LogP contribution in [-0.4, -0.2) is 22.8 Å². The SMILES string of the molecule is CN=C(NCc1ccc(Cl)cc1Cl)NCc1cn(C)nc1C(F)(F)F.I. The third-order valence-electron chi connectivity index (χ3n) is 3.30. The molecule has 1 aromatic heterocycles. The van der Waals surface area contributed by atoms with E-state index in [1.165, 1.54) is 20.3 Å². The number of nitrogens with one attached hydrogen (secondary N) is 2. The summed E-state index contributed by atoms with van der Waals surface area (Å²) in [6.45, 7) is 0.269. The fourth-order valence-corrected chi connectivity index (χ4v) is 2.62. The molecular weight excluding hydrogens is 505 g/mol. The number of halogens is 6. The van der Waals surface area contributed by atoms with Gasteiger partial charge in [0.25, 0.3) is 0 Å². The van der Waals surface area contributed by atoms with E-state index in [9.17, 15) is 13.2 Å². The van der Waals surface area contributed by atoms with Crippen LogP contribution < -0.4 is 10.6 Å². The molecule has 0 amide bonds. The summed E-state index contributed by atoms with van der Waals surface area (Å²) in [6, 6.07) is 5.07. The zero-order valence-electron chi connectivity index (χ0n) is 13.9. The van der Waals surface area contributed by atoms with Gasteiger partial charge in [-0.05, 0) is 17.7 Å². The van der Waals surface area contributed by atoms with Crippen LogP contribution in [0.4, 0.5) is 13.2 Å². The molecule has 0 unspecified atom stereocenters. The van der Waals surface area contributed by atoms with Crippen LogP contribution >= 0.6 is 47.2 Å². The summed E-state index contributed by atoms with van der Waals surface area (Å²) in [7, 11) is 2.96. The first-order valence-corrected chi connectivity index (χ1v) is 7.94. The van der Waals surface area contributed by atoms with E-state index in [2.05, 4.69) is 20.7 Å². The molecule has 0 radical (unpaired) electrons. The van der Waals surface area contributed by atoms with Crippen molar-refractivity contribution in [1.82, 2.24) is 20.4 Å². The minimum atomic E-state index is -4.51. The fourth-order valence-electron chi connectivity index (χ4n) is 2.15. The Kier molecular flexibility index (Phi) is 8.48. The van der Waals surface area contributed by atoms with Gasteiger partial charge in [0.2, 0.25) is 0 Å². The maximum atomic E-state index is 12.9. The summed E-state index contributed by atoms with van der Waals surface area (Å²) in [5.74, 6) is 0.336. The van der Waals surface area contributed by atoms with Crippen molar-refractivity contribution < 1.29 is 13.2 Å². The molecule has 0 saturated heterocycles. The van der Waals surface area contributed by atoms with Gasteiger partial charge in [-0.2, -0.15) is 18.3 Å². The summed E-state index contributed by atoms with van der Waals surface area (Å²) in [5, 5.41) is 10.3. The minimum Gasteiger partial charge on any atom is -0.352 e. The summed E-state index contributed by atoms with van der Waals surface area (Å²) in [5.41, 5.74) is -0.104. The lowest BCUT2D eigenvalue weighted by Gasteiger charge is -2.13. The Labute approximate surface area is 176 Å². The largest absolute Gasteiger partial charge is 0.435 e. The van der Waals surface area contributed by atoms with E-state index >= 15 is 0 Å². The molecule has 2 aromatic rings. The van der Waals surface area contributed by atoms with Crippen molar-refractivity contribution in [1.29, 1.82) is 0 Å². The van der Waals surface area contributed by atoms with Crippen molar-refractivity contribution in [2.24, 2.45) is 12.0 Å². The van der Waals surface area contributed by atoms with E-state index in [-0.39, 0.29) is 36.1 Å². The van der Waals surface area contributed by atoms with E-state index < -0.39 is 11.9 Å². The summed E-state index contributed by atoms with van der Waals surface area (Å²) in [4.78, 5) is 3.98. The standard InChI is InChI=1S/C15H16Cl2F3N5.HI/c1-21-14(22-6-9-3-4-11(16)5-12(9)17)23-7-10-8-25(2)24-13(10)15(18,19)20;/h3-5,8H,6-7H2,1-2H3,(H2,21,22,23);1H. The Hall–Kier alpha value is -1.20. The van der Waals surface area contributed by atoms with Gasteiger partial charge in [0, 0.05) is 49.0 Å². The number of aromatic nitrogens is 2. The predicted molar refractivity (Wildman–Crippen MR) is 107 cm³/mol. The second-order valence-electron chi connectivity index (χ2n) is 5.19. The van der Waals surface area contributed by atoms with Gasteiger partial charge in [-0.15, -0.1) is 24.0 Å². The van der Waals surface area contributed by atoms with Crippen molar-refractivity contribution in [2.45, 2.75) is 19.3 Å². The zero-order valence-corrected chi connectivity index (χ0v) is 17.7. The lowest BCUT2D eigenvalue weighted by atomic mass is 10.2. The van der Waals surface area contributed by atoms with E-state index in [1.807, 2.05) is 0 Å². The van der Waals surface area contributed by atoms with Gasteiger partial charge in [0.15, 0.2) is 11.7 Å². The number of nitrogens with zero attached hydrogens (tertiary/aromatic N) is 3. The molecule has 11 heteroatoms. The minimum absolute atomic E-state index is 0. The highest BCUT2D eigenvalue weighted by Gasteiger charge is 2.36. The van der Waals surface area contributed by atoms with Gasteiger partial charge in [-0.3, -0.25) is 9.67 Å². The van der Waals surface area contributed by atoms with Gasteiger partial charge in [-0.1, -0.05) is 29.3 Å². The highest BCUT2D eigenvalue weighted by molar-refractivity contribution is 14.0. The molecular formula is C15H17Cl2F3IN5. The molecule has 26 heavy (non-hydrogen) atoms. The Morgan fingerprint density at radius 1 is 1.19 bits per heavy atom. The Balaban J connectivity index is 0.00000338. The molecule has 0 aliphatic rings. The van der Waals surface area contributed by atoms with Crippen LogP contribution in [0.1, 0.15) is 16.8 Å². The summed E-state index contributed by atoms with van der Waals surface area (Å²) >= 11 is 11.9. The van der Waals surface area contributed by atoms with Crippen LogP contribution in [0.25, 0.3) is 0 Å². The molecule has 1 aromatic carbocycles. The molecule has 0 saturated carbocycles. The van der Waals surface area contributed by atoms with Crippen molar-refractivity contribution in [3.05, 3.63) is 51.3 Å². The number of rotatable bonds is 4. The molecule has 144 valence electrons. The molecule has 1 heterocycles. The summed E-state index contributed by atoms with van der Waals surface area (Å²) in [6.07, 6.45) is -3.19. The number of guanidine groups is 1. The quantitative estimate of drug-likeness (QED) is 0.360. The molecule has 5 nitrogen and oxygen atoms in total. The number of aliphatic imine (C=N–C) groups is 1. The monoisotopic (exact) mass is 521 g/mol. The van der Waals surface area contributed by atoms with Crippen LogP contribution in [0.3, 0.4) is 0 Å². The Morgan fingerprint density at radius 3 is 2.35 bits per heavy atom. The smallest absolute Gasteiger partial charge is 0.352 e. The van der Waals surface area contributed by atoms with Crippen LogP contribution in [-0.2, 0) is 26.3 Å². The van der Waals surface area contributed by atoms with Crippen LogP contribution in [0, 0.1) is 0 Å². The van der Waals surface area contributed by atoms with E-state index in [0.717, 1.165) is 10.2 Å². The molecule has 0 aliphatic heterocycles. The summed E-state index contributed by atoms with van der Waals surface area (Å²) < 4.78 is 39.9. The second kappa shape index (κ2) is 9.65. The number of aryl methyl sites for hydroxylation is 1. The van der Waals surface area contributed by atoms with Crippen molar-refractivity contribution >= 4 is 53.1 Å². The number of alkyl halides is 3. The average molecular weight is 522 g/mol. The lowest BCUT2D eigenvalue weighted by Crippen LogP contribution is -2.36. The molecule has 0 spiro atoms. The third kappa shape index (κ3) is 6.20. The number of hydrogen-bond acceptors (Lipinski definition) is 2.